The Balaban J connectivity index is 2.96. The molecule has 0 aliphatic rings. The number of rotatable bonds is 8. The lowest BCUT2D eigenvalue weighted by atomic mass is 10.3. The van der Waals surface area contributed by atoms with E-state index in [4.69, 9.17) is 0 Å². The molecule has 1 rings (SSSR count). The fourth-order valence-electron chi connectivity index (χ4n) is 1.87. The molecule has 102 valence electrons. The molecule has 1 aromatic heterocycles. The van der Waals surface area contributed by atoms with E-state index in [-0.39, 0.29) is 0 Å². The van der Waals surface area contributed by atoms with Gasteiger partial charge in [0, 0.05) is 32.1 Å². The first-order valence-electron chi connectivity index (χ1n) is 7.11. The topological polar surface area (TPSA) is 41.0 Å². The molecule has 0 atom stereocenters. The standard InChI is InChI=1S/C14H26N4/c1-5-9-12-16-13(15-10-6-2)11-14(17-12)18(7-3)8-4/h11H,5-10H2,1-4H3,(H,15,16,17). The molecule has 0 aromatic carbocycles. The molecule has 0 bridgehead atoms. The molecule has 4 heteroatoms. The van der Waals surface area contributed by atoms with E-state index in [9.17, 15) is 0 Å². The fourth-order valence-corrected chi connectivity index (χ4v) is 1.87. The highest BCUT2D eigenvalue weighted by Crippen LogP contribution is 2.16. The van der Waals surface area contributed by atoms with Crippen LogP contribution in [0.25, 0.3) is 0 Å². The van der Waals surface area contributed by atoms with Crippen molar-refractivity contribution in [1.82, 2.24) is 9.97 Å². The molecule has 0 saturated heterocycles. The lowest BCUT2D eigenvalue weighted by molar-refractivity contribution is 0.795. The third-order valence-corrected chi connectivity index (χ3v) is 2.88. The quantitative estimate of drug-likeness (QED) is 0.769. The summed E-state index contributed by atoms with van der Waals surface area (Å²) in [4.78, 5) is 11.5. The van der Waals surface area contributed by atoms with Crippen molar-refractivity contribution in [2.45, 2.75) is 47.0 Å². The maximum absolute atomic E-state index is 4.65. The van der Waals surface area contributed by atoms with Gasteiger partial charge in [0.15, 0.2) is 0 Å². The zero-order chi connectivity index (χ0) is 13.4. The lowest BCUT2D eigenvalue weighted by Gasteiger charge is -2.21. The molecule has 0 aliphatic carbocycles. The summed E-state index contributed by atoms with van der Waals surface area (Å²) in [6.45, 7) is 11.5. The van der Waals surface area contributed by atoms with E-state index < -0.39 is 0 Å². The summed E-state index contributed by atoms with van der Waals surface area (Å²) in [7, 11) is 0. The van der Waals surface area contributed by atoms with Gasteiger partial charge in [-0.05, 0) is 26.7 Å². The molecule has 0 aliphatic heterocycles. The Kier molecular flexibility index (Phi) is 6.47. The minimum atomic E-state index is 0.940. The second kappa shape index (κ2) is 7.90. The predicted molar refractivity (Wildman–Crippen MR) is 78.4 cm³/mol. The molecule has 0 saturated carbocycles. The SMILES string of the molecule is CCCNc1cc(N(CC)CC)nc(CCC)n1. The maximum Gasteiger partial charge on any atom is 0.134 e. The summed E-state index contributed by atoms with van der Waals surface area (Å²) in [5.41, 5.74) is 0. The Morgan fingerprint density at radius 1 is 1.06 bits per heavy atom. The second-order valence-electron chi connectivity index (χ2n) is 4.38. The van der Waals surface area contributed by atoms with Crippen LogP contribution in [0.5, 0.6) is 0 Å². The van der Waals surface area contributed by atoms with Crippen LogP contribution in [0.4, 0.5) is 11.6 Å². The van der Waals surface area contributed by atoms with Gasteiger partial charge >= 0.3 is 0 Å². The van der Waals surface area contributed by atoms with Crippen LogP contribution in [0, 0.1) is 0 Å². The van der Waals surface area contributed by atoms with Gasteiger partial charge in [-0.15, -0.1) is 0 Å². The highest BCUT2D eigenvalue weighted by molar-refractivity contribution is 5.49. The molecular formula is C14H26N4. The number of anilines is 2. The molecule has 0 amide bonds. The molecule has 1 heterocycles. The van der Waals surface area contributed by atoms with Crippen molar-refractivity contribution >= 4 is 11.6 Å². The summed E-state index contributed by atoms with van der Waals surface area (Å²) in [6.07, 6.45) is 3.12. The van der Waals surface area contributed by atoms with E-state index in [0.29, 0.717) is 0 Å². The van der Waals surface area contributed by atoms with Gasteiger partial charge in [0.1, 0.15) is 17.5 Å². The molecule has 4 nitrogen and oxygen atoms in total. The van der Waals surface area contributed by atoms with Gasteiger partial charge in [0.05, 0.1) is 0 Å². The summed E-state index contributed by atoms with van der Waals surface area (Å²) in [6, 6.07) is 2.06. The fraction of sp³-hybridized carbons (Fsp3) is 0.714. The Bertz CT molecular complexity index is 348. The number of nitrogens with one attached hydrogen (secondary N) is 1. The number of hydrogen-bond donors (Lipinski definition) is 1. The van der Waals surface area contributed by atoms with Gasteiger partial charge in [-0.2, -0.15) is 0 Å². The molecule has 18 heavy (non-hydrogen) atoms. The Morgan fingerprint density at radius 2 is 1.78 bits per heavy atom. The number of hydrogen-bond acceptors (Lipinski definition) is 4. The first kappa shape index (κ1) is 14.7. The van der Waals surface area contributed by atoms with Crippen molar-refractivity contribution in [3.63, 3.8) is 0 Å². The van der Waals surface area contributed by atoms with Crippen LogP contribution >= 0.6 is 0 Å². The van der Waals surface area contributed by atoms with E-state index in [1.165, 1.54) is 0 Å². The van der Waals surface area contributed by atoms with Crippen LogP contribution in [-0.4, -0.2) is 29.6 Å². The third kappa shape index (κ3) is 4.17. The van der Waals surface area contributed by atoms with E-state index in [0.717, 1.165) is 56.4 Å². The van der Waals surface area contributed by atoms with Crippen LogP contribution < -0.4 is 10.2 Å². The average Bonchev–Trinajstić information content (AvgIpc) is 2.38. The van der Waals surface area contributed by atoms with Gasteiger partial charge in [-0.3, -0.25) is 0 Å². The third-order valence-electron chi connectivity index (χ3n) is 2.88. The highest BCUT2D eigenvalue weighted by Gasteiger charge is 2.08. The van der Waals surface area contributed by atoms with Crippen molar-refractivity contribution in [1.29, 1.82) is 0 Å². The van der Waals surface area contributed by atoms with Gasteiger partial charge in [-0.1, -0.05) is 13.8 Å². The minimum Gasteiger partial charge on any atom is -0.370 e. The molecule has 0 fully saturated rings. The van der Waals surface area contributed by atoms with E-state index >= 15 is 0 Å². The molecular weight excluding hydrogens is 224 g/mol. The molecule has 0 unspecified atom stereocenters. The summed E-state index contributed by atoms with van der Waals surface area (Å²) >= 11 is 0. The zero-order valence-electron chi connectivity index (χ0n) is 12.2. The van der Waals surface area contributed by atoms with Gasteiger partial charge in [-0.25, -0.2) is 9.97 Å². The van der Waals surface area contributed by atoms with Crippen molar-refractivity contribution in [3.05, 3.63) is 11.9 Å². The van der Waals surface area contributed by atoms with Gasteiger partial charge < -0.3 is 10.2 Å². The van der Waals surface area contributed by atoms with Crippen molar-refractivity contribution < 1.29 is 0 Å². The first-order valence-corrected chi connectivity index (χ1v) is 7.11. The predicted octanol–water partition coefficient (Wildman–Crippen LogP) is 3.10. The largest absolute Gasteiger partial charge is 0.370 e. The van der Waals surface area contributed by atoms with Crippen molar-refractivity contribution in [2.24, 2.45) is 0 Å². The van der Waals surface area contributed by atoms with Crippen LogP contribution in [0.3, 0.4) is 0 Å². The first-order chi connectivity index (χ1) is 8.74. The summed E-state index contributed by atoms with van der Waals surface area (Å²) < 4.78 is 0. The second-order valence-corrected chi connectivity index (χ2v) is 4.38. The van der Waals surface area contributed by atoms with Gasteiger partial charge in [0.25, 0.3) is 0 Å². The van der Waals surface area contributed by atoms with Crippen molar-refractivity contribution in [3.8, 4) is 0 Å². The maximum atomic E-state index is 4.65. The van der Waals surface area contributed by atoms with Crippen LogP contribution in [0.15, 0.2) is 6.07 Å². The van der Waals surface area contributed by atoms with Crippen LogP contribution in [0.1, 0.15) is 46.4 Å². The van der Waals surface area contributed by atoms with Crippen LogP contribution in [-0.2, 0) is 6.42 Å². The van der Waals surface area contributed by atoms with E-state index in [1.54, 1.807) is 0 Å². The summed E-state index contributed by atoms with van der Waals surface area (Å²) in [5, 5.41) is 3.36. The number of aromatic nitrogens is 2. The molecule has 1 N–H and O–H groups in total. The monoisotopic (exact) mass is 250 g/mol. The minimum absolute atomic E-state index is 0.940. The normalized spacial score (nSPS) is 10.4. The van der Waals surface area contributed by atoms with Crippen molar-refractivity contribution in [2.75, 3.05) is 29.9 Å². The molecule has 0 radical (unpaired) electrons. The highest BCUT2D eigenvalue weighted by atomic mass is 15.2. The Hall–Kier alpha value is -1.32. The van der Waals surface area contributed by atoms with E-state index in [2.05, 4.69) is 53.9 Å². The zero-order valence-corrected chi connectivity index (χ0v) is 12.2. The molecule has 1 aromatic rings. The Labute approximate surface area is 111 Å². The lowest BCUT2D eigenvalue weighted by Crippen LogP contribution is -2.24. The number of nitrogens with zero attached hydrogens (tertiary/aromatic N) is 3. The van der Waals surface area contributed by atoms with E-state index in [1.807, 2.05) is 0 Å². The smallest absolute Gasteiger partial charge is 0.134 e. The molecule has 0 spiro atoms. The number of aryl methyl sites for hydroxylation is 1. The van der Waals surface area contributed by atoms with Crippen LogP contribution in [0.2, 0.25) is 0 Å². The Morgan fingerprint density at radius 3 is 2.33 bits per heavy atom. The average molecular weight is 250 g/mol. The van der Waals surface area contributed by atoms with Gasteiger partial charge in [0.2, 0.25) is 0 Å². The summed E-state index contributed by atoms with van der Waals surface area (Å²) in [5.74, 6) is 2.94.